The molecular formula is C25H20N2O2. The summed E-state index contributed by atoms with van der Waals surface area (Å²) in [5.74, 6) is 0.543. The Morgan fingerprint density at radius 2 is 1.55 bits per heavy atom. The van der Waals surface area contributed by atoms with Crippen LogP contribution in [-0.2, 0) is 6.61 Å². The van der Waals surface area contributed by atoms with Gasteiger partial charge in [-0.2, -0.15) is 5.10 Å². The Hall–Kier alpha value is -3.92. The van der Waals surface area contributed by atoms with E-state index in [0.29, 0.717) is 12.2 Å². The Kier molecular flexibility index (Phi) is 5.63. The molecule has 0 fully saturated rings. The molecule has 0 bridgehead atoms. The molecule has 1 N–H and O–H groups in total. The molecule has 0 aromatic heterocycles. The number of hydrogen-bond acceptors (Lipinski definition) is 3. The summed E-state index contributed by atoms with van der Waals surface area (Å²) in [5, 5.41) is 6.18. The molecule has 0 saturated heterocycles. The zero-order chi connectivity index (χ0) is 19.9. The van der Waals surface area contributed by atoms with E-state index in [4.69, 9.17) is 4.74 Å². The van der Waals surface area contributed by atoms with Crippen LogP contribution in [0.3, 0.4) is 0 Å². The predicted octanol–water partition coefficient (Wildman–Crippen LogP) is 5.18. The predicted molar refractivity (Wildman–Crippen MR) is 116 cm³/mol. The number of rotatable bonds is 6. The van der Waals surface area contributed by atoms with Crippen molar-refractivity contribution in [3.8, 4) is 5.75 Å². The first kappa shape index (κ1) is 18.4. The molecule has 0 saturated carbocycles. The molecule has 1 amide bonds. The fourth-order valence-electron chi connectivity index (χ4n) is 2.95. The van der Waals surface area contributed by atoms with Crippen LogP contribution >= 0.6 is 0 Å². The third-order valence-corrected chi connectivity index (χ3v) is 4.52. The molecule has 29 heavy (non-hydrogen) atoms. The van der Waals surface area contributed by atoms with Crippen molar-refractivity contribution in [2.24, 2.45) is 5.10 Å². The Labute approximate surface area is 169 Å². The van der Waals surface area contributed by atoms with Gasteiger partial charge in [0.2, 0.25) is 0 Å². The number of hydrazone groups is 1. The fourth-order valence-corrected chi connectivity index (χ4v) is 2.95. The van der Waals surface area contributed by atoms with E-state index in [1.165, 1.54) is 0 Å². The summed E-state index contributed by atoms with van der Waals surface area (Å²) in [6.45, 7) is 0.524. The summed E-state index contributed by atoms with van der Waals surface area (Å²) in [4.78, 5) is 12.3. The average molecular weight is 380 g/mol. The van der Waals surface area contributed by atoms with E-state index in [0.717, 1.165) is 27.6 Å². The summed E-state index contributed by atoms with van der Waals surface area (Å²) in [6, 6.07) is 31.1. The number of fused-ring (bicyclic) bond motifs is 1. The number of nitrogens with one attached hydrogen (secondary N) is 1. The van der Waals surface area contributed by atoms with Crippen LogP contribution in [0.25, 0.3) is 10.8 Å². The molecule has 0 radical (unpaired) electrons. The van der Waals surface area contributed by atoms with Crippen molar-refractivity contribution >= 4 is 22.9 Å². The quantitative estimate of drug-likeness (QED) is 0.370. The maximum absolute atomic E-state index is 12.3. The monoisotopic (exact) mass is 380 g/mol. The van der Waals surface area contributed by atoms with E-state index in [1.54, 1.807) is 12.3 Å². The van der Waals surface area contributed by atoms with E-state index < -0.39 is 0 Å². The Morgan fingerprint density at radius 3 is 2.34 bits per heavy atom. The molecule has 4 aromatic carbocycles. The summed E-state index contributed by atoms with van der Waals surface area (Å²) >= 11 is 0. The molecule has 0 spiro atoms. The van der Waals surface area contributed by atoms with Crippen LogP contribution in [0, 0.1) is 0 Å². The number of hydrogen-bond donors (Lipinski definition) is 1. The van der Waals surface area contributed by atoms with Gasteiger partial charge in [-0.15, -0.1) is 0 Å². The number of benzene rings is 4. The molecule has 0 aliphatic rings. The van der Waals surface area contributed by atoms with Gasteiger partial charge < -0.3 is 4.74 Å². The minimum Gasteiger partial charge on any atom is -0.489 e. The third kappa shape index (κ3) is 4.87. The highest BCUT2D eigenvalue weighted by molar-refractivity contribution is 5.98. The first-order valence-electron chi connectivity index (χ1n) is 9.37. The van der Waals surface area contributed by atoms with Gasteiger partial charge >= 0.3 is 0 Å². The number of ether oxygens (including phenoxy) is 1. The van der Waals surface area contributed by atoms with E-state index in [2.05, 4.69) is 10.5 Å². The maximum atomic E-state index is 12.3. The molecule has 0 atom stereocenters. The lowest BCUT2D eigenvalue weighted by Gasteiger charge is -2.06. The van der Waals surface area contributed by atoms with Gasteiger partial charge in [0.05, 0.1) is 6.21 Å². The van der Waals surface area contributed by atoms with E-state index in [1.807, 2.05) is 91.0 Å². The largest absolute Gasteiger partial charge is 0.489 e. The molecule has 0 unspecified atom stereocenters. The Morgan fingerprint density at radius 1 is 0.828 bits per heavy atom. The highest BCUT2D eigenvalue weighted by Gasteiger charge is 2.05. The second kappa shape index (κ2) is 8.85. The number of nitrogens with zero attached hydrogens (tertiary/aromatic N) is 1. The maximum Gasteiger partial charge on any atom is 0.271 e. The Balaban J connectivity index is 1.33. The van der Waals surface area contributed by atoms with Gasteiger partial charge in [-0.3, -0.25) is 4.79 Å². The molecule has 4 rings (SSSR count). The van der Waals surface area contributed by atoms with Gasteiger partial charge in [-0.1, -0.05) is 60.7 Å². The SMILES string of the molecule is O=C(N/N=C/c1ccc(OCc2ccccc2)cc1)c1ccc2ccccc2c1. The number of carbonyl (C=O) groups is 1. The van der Waals surface area contributed by atoms with Crippen LogP contribution in [0.2, 0.25) is 0 Å². The molecular weight excluding hydrogens is 360 g/mol. The highest BCUT2D eigenvalue weighted by atomic mass is 16.5. The van der Waals surface area contributed by atoms with Gasteiger partial charge in [-0.05, 0) is 58.3 Å². The lowest BCUT2D eigenvalue weighted by Crippen LogP contribution is -2.17. The van der Waals surface area contributed by atoms with E-state index in [-0.39, 0.29) is 5.91 Å². The van der Waals surface area contributed by atoms with Crippen LogP contribution in [0.15, 0.2) is 102 Å². The van der Waals surface area contributed by atoms with Gasteiger partial charge in [0.15, 0.2) is 0 Å². The average Bonchev–Trinajstić information content (AvgIpc) is 2.79. The van der Waals surface area contributed by atoms with Crippen molar-refractivity contribution in [2.45, 2.75) is 6.61 Å². The zero-order valence-corrected chi connectivity index (χ0v) is 15.8. The normalized spacial score (nSPS) is 10.9. The lowest BCUT2D eigenvalue weighted by molar-refractivity contribution is 0.0955. The smallest absolute Gasteiger partial charge is 0.271 e. The summed E-state index contributed by atoms with van der Waals surface area (Å²) in [5.41, 5.74) is 5.14. The van der Waals surface area contributed by atoms with Crippen LogP contribution < -0.4 is 10.2 Å². The van der Waals surface area contributed by atoms with Crippen molar-refractivity contribution in [2.75, 3.05) is 0 Å². The highest BCUT2D eigenvalue weighted by Crippen LogP contribution is 2.16. The topological polar surface area (TPSA) is 50.7 Å². The minimum absolute atomic E-state index is 0.241. The molecule has 4 nitrogen and oxygen atoms in total. The second-order valence-electron chi connectivity index (χ2n) is 6.60. The first-order valence-corrected chi connectivity index (χ1v) is 9.37. The van der Waals surface area contributed by atoms with Crippen molar-refractivity contribution in [1.29, 1.82) is 0 Å². The first-order chi connectivity index (χ1) is 14.3. The van der Waals surface area contributed by atoms with Crippen LogP contribution in [0.1, 0.15) is 21.5 Å². The van der Waals surface area contributed by atoms with Gasteiger partial charge in [0.25, 0.3) is 5.91 Å². The van der Waals surface area contributed by atoms with Crippen molar-refractivity contribution in [3.05, 3.63) is 114 Å². The molecule has 4 aromatic rings. The third-order valence-electron chi connectivity index (χ3n) is 4.52. The van der Waals surface area contributed by atoms with Crippen molar-refractivity contribution < 1.29 is 9.53 Å². The summed E-state index contributed by atoms with van der Waals surface area (Å²) < 4.78 is 5.77. The van der Waals surface area contributed by atoms with Crippen LogP contribution in [-0.4, -0.2) is 12.1 Å². The number of carbonyl (C=O) groups excluding carboxylic acids is 1. The molecule has 142 valence electrons. The molecule has 0 aliphatic carbocycles. The van der Waals surface area contributed by atoms with Crippen LogP contribution in [0.4, 0.5) is 0 Å². The lowest BCUT2D eigenvalue weighted by atomic mass is 10.1. The minimum atomic E-state index is -0.241. The van der Waals surface area contributed by atoms with E-state index in [9.17, 15) is 4.79 Å². The van der Waals surface area contributed by atoms with Crippen molar-refractivity contribution in [3.63, 3.8) is 0 Å². The summed E-state index contributed by atoms with van der Waals surface area (Å²) in [7, 11) is 0. The van der Waals surface area contributed by atoms with Gasteiger partial charge in [0, 0.05) is 5.56 Å². The van der Waals surface area contributed by atoms with Gasteiger partial charge in [0.1, 0.15) is 12.4 Å². The fraction of sp³-hybridized carbons (Fsp3) is 0.0400. The number of amides is 1. The van der Waals surface area contributed by atoms with Crippen molar-refractivity contribution in [1.82, 2.24) is 5.43 Å². The van der Waals surface area contributed by atoms with Gasteiger partial charge in [-0.25, -0.2) is 5.43 Å². The zero-order valence-electron chi connectivity index (χ0n) is 15.8. The molecule has 0 heterocycles. The standard InChI is InChI=1S/C25H20N2O2/c28-25(23-13-12-21-8-4-5-9-22(21)16-23)27-26-17-19-10-14-24(15-11-19)29-18-20-6-2-1-3-7-20/h1-17H,18H2,(H,27,28)/b26-17+. The molecule has 0 aliphatic heterocycles. The van der Waals surface area contributed by atoms with E-state index >= 15 is 0 Å². The second-order valence-corrected chi connectivity index (χ2v) is 6.60. The molecule has 4 heteroatoms. The van der Waals surface area contributed by atoms with Crippen LogP contribution in [0.5, 0.6) is 5.75 Å². The Bertz CT molecular complexity index is 1140. The summed E-state index contributed by atoms with van der Waals surface area (Å²) in [6.07, 6.45) is 1.61.